The lowest BCUT2D eigenvalue weighted by Gasteiger charge is -2.29. The molecule has 0 radical (unpaired) electrons. The van der Waals surface area contributed by atoms with E-state index < -0.39 is 28.4 Å². The quantitative estimate of drug-likeness (QED) is 0.313. The van der Waals surface area contributed by atoms with Gasteiger partial charge in [-0.15, -0.1) is 0 Å². The number of anilines is 4. The normalized spacial score (nSPS) is 17.7. The Morgan fingerprint density at radius 2 is 1.74 bits per heavy atom. The topological polar surface area (TPSA) is 129 Å². The Hall–Kier alpha value is -3.77. The van der Waals surface area contributed by atoms with Crippen molar-refractivity contribution in [3.63, 3.8) is 0 Å². The first kappa shape index (κ1) is 27.3. The predicted molar refractivity (Wildman–Crippen MR) is 135 cm³/mol. The number of nitrogens with zero attached hydrogens (tertiary/aromatic N) is 3. The van der Waals surface area contributed by atoms with Crippen LogP contribution in [0.25, 0.3) is 0 Å². The van der Waals surface area contributed by atoms with Crippen LogP contribution < -0.4 is 16.0 Å². The third-order valence-electron chi connectivity index (χ3n) is 5.97. The number of ketones is 1. The van der Waals surface area contributed by atoms with Crippen molar-refractivity contribution in [2.45, 2.75) is 51.3 Å². The molecule has 13 heteroatoms. The van der Waals surface area contributed by atoms with Gasteiger partial charge in [-0.3, -0.25) is 4.79 Å². The Kier molecular flexibility index (Phi) is 7.56. The highest BCUT2D eigenvalue weighted by atomic mass is 35.5. The van der Waals surface area contributed by atoms with E-state index in [9.17, 15) is 27.9 Å². The van der Waals surface area contributed by atoms with E-state index in [1.807, 2.05) is 0 Å². The number of nitrogens with one attached hydrogen (secondary N) is 3. The number of amides is 2. The largest absolute Gasteiger partial charge is 0.417 e. The summed E-state index contributed by atoms with van der Waals surface area (Å²) in [4.78, 5) is 37.2. The number of urea groups is 1. The fourth-order valence-corrected chi connectivity index (χ4v) is 4.31. The number of aryl methyl sites for hydroxylation is 2. The summed E-state index contributed by atoms with van der Waals surface area (Å²) in [6.45, 7) is 3.45. The maximum absolute atomic E-state index is 13.1. The average molecular weight is 549 g/mol. The Balaban J connectivity index is 1.51. The maximum Gasteiger partial charge on any atom is 0.417 e. The predicted octanol–water partition coefficient (Wildman–Crippen LogP) is 5.88. The highest BCUT2D eigenvalue weighted by molar-refractivity contribution is 6.31. The van der Waals surface area contributed by atoms with E-state index in [-0.39, 0.29) is 29.7 Å². The second kappa shape index (κ2) is 10.5. The second-order valence-electron chi connectivity index (χ2n) is 9.06. The summed E-state index contributed by atoms with van der Waals surface area (Å²) in [7, 11) is 0. The number of Topliss-reactive ketones (excluding diaryl/α,β-unsaturated/α-hetero) is 1. The lowest BCUT2D eigenvalue weighted by molar-refractivity contribution is -0.137. The van der Waals surface area contributed by atoms with E-state index in [4.69, 9.17) is 11.6 Å². The molecule has 2 amide bonds. The molecule has 1 fully saturated rings. The van der Waals surface area contributed by atoms with Crippen molar-refractivity contribution in [1.82, 2.24) is 15.0 Å². The van der Waals surface area contributed by atoms with Gasteiger partial charge >= 0.3 is 12.2 Å². The van der Waals surface area contributed by atoms with E-state index in [1.54, 1.807) is 32.0 Å². The molecule has 0 spiro atoms. The van der Waals surface area contributed by atoms with Crippen LogP contribution in [0.5, 0.6) is 0 Å². The van der Waals surface area contributed by atoms with Gasteiger partial charge in [-0.2, -0.15) is 23.1 Å². The van der Waals surface area contributed by atoms with Crippen LogP contribution in [0, 0.1) is 13.8 Å². The van der Waals surface area contributed by atoms with Crippen LogP contribution in [0.15, 0.2) is 36.4 Å². The van der Waals surface area contributed by atoms with Gasteiger partial charge in [-0.05, 0) is 62.6 Å². The number of halogens is 4. The number of benzene rings is 2. The number of alkyl halides is 3. The molecule has 1 saturated carbocycles. The molecule has 4 N–H and O–H groups in total. The average Bonchev–Trinajstić information content (AvgIpc) is 2.81. The number of aliphatic hydroxyl groups is 1. The Morgan fingerprint density at radius 1 is 1.05 bits per heavy atom. The highest BCUT2D eigenvalue weighted by Crippen LogP contribution is 2.36. The molecule has 38 heavy (non-hydrogen) atoms. The number of rotatable bonds is 5. The minimum Gasteiger partial charge on any atom is -0.381 e. The van der Waals surface area contributed by atoms with Crippen molar-refractivity contribution in [2.24, 2.45) is 0 Å². The maximum atomic E-state index is 13.1. The summed E-state index contributed by atoms with van der Waals surface area (Å²) < 4.78 is 39.3. The van der Waals surface area contributed by atoms with Gasteiger partial charge in [0.15, 0.2) is 5.82 Å². The number of hydrogen-bond acceptors (Lipinski definition) is 7. The van der Waals surface area contributed by atoms with Gasteiger partial charge in [0.2, 0.25) is 5.95 Å². The van der Waals surface area contributed by atoms with Gasteiger partial charge in [-0.25, -0.2) is 9.78 Å². The van der Waals surface area contributed by atoms with Gasteiger partial charge in [0.05, 0.1) is 10.6 Å². The van der Waals surface area contributed by atoms with E-state index in [0.29, 0.717) is 36.5 Å². The first-order valence-corrected chi connectivity index (χ1v) is 12.0. The number of hydrogen-bond donors (Lipinski definition) is 4. The molecule has 0 saturated heterocycles. The van der Waals surface area contributed by atoms with Crippen molar-refractivity contribution in [2.75, 3.05) is 16.0 Å². The molecule has 1 aromatic heterocycles. The standard InChI is InChI=1S/C25H24ClF3N6O3/c1-13-5-6-16(33-23(37)32-15-7-8-19(26)18(10-15)25(27,28)29)11-20(13)34-22-31-14(2)30-21(35-22)24(38)9-3-4-17(36)12-24/h5-8,10-11,38H,3-4,9,12H2,1-2H3,(H2,32,33,37)(H,30,31,34,35). The minimum atomic E-state index is -4.67. The third kappa shape index (κ3) is 6.37. The molecule has 9 nitrogen and oxygen atoms in total. The summed E-state index contributed by atoms with van der Waals surface area (Å²) in [5, 5.41) is 18.5. The van der Waals surface area contributed by atoms with E-state index in [1.165, 1.54) is 6.07 Å². The summed E-state index contributed by atoms with van der Waals surface area (Å²) >= 11 is 5.63. The molecular weight excluding hydrogens is 525 g/mol. The fraction of sp³-hybridized carbons (Fsp3) is 0.320. The van der Waals surface area contributed by atoms with Crippen molar-refractivity contribution in [1.29, 1.82) is 0 Å². The van der Waals surface area contributed by atoms with Gasteiger partial charge < -0.3 is 21.1 Å². The summed E-state index contributed by atoms with van der Waals surface area (Å²) in [6.07, 6.45) is -3.44. The van der Waals surface area contributed by atoms with Crippen LogP contribution in [0.1, 0.15) is 48.5 Å². The van der Waals surface area contributed by atoms with Crippen LogP contribution in [-0.4, -0.2) is 31.9 Å². The molecule has 0 aliphatic heterocycles. The molecule has 1 aliphatic rings. The number of carbonyl (C=O) groups is 2. The van der Waals surface area contributed by atoms with Gasteiger partial charge in [0, 0.05) is 29.9 Å². The molecule has 2 aromatic carbocycles. The lowest BCUT2D eigenvalue weighted by atomic mass is 9.83. The molecule has 1 atom stereocenters. The van der Waals surface area contributed by atoms with Crippen LogP contribution >= 0.6 is 11.6 Å². The Morgan fingerprint density at radius 3 is 2.42 bits per heavy atom. The Labute approximate surface area is 220 Å². The summed E-state index contributed by atoms with van der Waals surface area (Å²) in [6, 6.07) is 7.21. The van der Waals surface area contributed by atoms with E-state index in [2.05, 4.69) is 30.9 Å². The second-order valence-corrected chi connectivity index (χ2v) is 9.46. The summed E-state index contributed by atoms with van der Waals surface area (Å²) in [5.74, 6) is 0.529. The smallest absolute Gasteiger partial charge is 0.381 e. The monoisotopic (exact) mass is 548 g/mol. The molecule has 200 valence electrons. The van der Waals surface area contributed by atoms with Gasteiger partial charge in [0.25, 0.3) is 0 Å². The summed E-state index contributed by atoms with van der Waals surface area (Å²) in [5.41, 5.74) is -0.983. The van der Waals surface area contributed by atoms with E-state index >= 15 is 0 Å². The first-order chi connectivity index (χ1) is 17.8. The molecule has 1 aliphatic carbocycles. The minimum absolute atomic E-state index is 0.0625. The molecule has 1 unspecified atom stereocenters. The number of carbonyl (C=O) groups excluding carboxylic acids is 2. The van der Waals surface area contributed by atoms with Crippen LogP contribution in [0.3, 0.4) is 0 Å². The molecular formula is C25H24ClF3N6O3. The van der Waals surface area contributed by atoms with Crippen molar-refractivity contribution in [3.05, 3.63) is 64.2 Å². The van der Waals surface area contributed by atoms with Crippen molar-refractivity contribution < 1.29 is 27.9 Å². The lowest BCUT2D eigenvalue weighted by Crippen LogP contribution is -2.35. The number of aromatic nitrogens is 3. The van der Waals surface area contributed by atoms with Gasteiger partial charge in [0.1, 0.15) is 17.2 Å². The Bertz CT molecular complexity index is 1400. The zero-order chi connectivity index (χ0) is 27.7. The molecule has 3 aromatic rings. The molecule has 1 heterocycles. The molecule has 0 bridgehead atoms. The van der Waals surface area contributed by atoms with Gasteiger partial charge in [-0.1, -0.05) is 17.7 Å². The third-order valence-corrected chi connectivity index (χ3v) is 6.30. The van der Waals surface area contributed by atoms with Crippen LogP contribution in [0.4, 0.5) is 41.0 Å². The van der Waals surface area contributed by atoms with Crippen LogP contribution in [-0.2, 0) is 16.6 Å². The van der Waals surface area contributed by atoms with E-state index in [0.717, 1.165) is 17.7 Å². The first-order valence-electron chi connectivity index (χ1n) is 11.6. The van der Waals surface area contributed by atoms with Crippen LogP contribution in [0.2, 0.25) is 5.02 Å². The van der Waals surface area contributed by atoms with Crippen molar-refractivity contribution in [3.8, 4) is 0 Å². The molecule has 4 rings (SSSR count). The van der Waals surface area contributed by atoms with Crippen molar-refractivity contribution >= 4 is 46.4 Å². The SMILES string of the molecule is Cc1nc(Nc2cc(NC(=O)Nc3ccc(Cl)c(C(F)(F)F)c3)ccc2C)nc(C2(O)CCCC(=O)C2)n1. The fourth-order valence-electron chi connectivity index (χ4n) is 4.09. The zero-order valence-electron chi connectivity index (χ0n) is 20.4. The zero-order valence-corrected chi connectivity index (χ0v) is 21.2. The highest BCUT2D eigenvalue weighted by Gasteiger charge is 2.38.